The molecule has 1 saturated carbocycles. The summed E-state index contributed by atoms with van der Waals surface area (Å²) < 4.78 is 13.9. The highest BCUT2D eigenvalue weighted by molar-refractivity contribution is 6.07. The van der Waals surface area contributed by atoms with Crippen LogP contribution in [0.25, 0.3) is 0 Å². The Morgan fingerprint density at radius 1 is 1.00 bits per heavy atom. The van der Waals surface area contributed by atoms with E-state index < -0.39 is 29.8 Å². The lowest BCUT2D eigenvalue weighted by molar-refractivity contribution is -0.140. The summed E-state index contributed by atoms with van der Waals surface area (Å²) in [5, 5.41) is 17.4. The number of carboxylic acid groups (broad SMARTS) is 1. The van der Waals surface area contributed by atoms with Crippen molar-refractivity contribution in [1.82, 2.24) is 5.32 Å². The van der Waals surface area contributed by atoms with Crippen molar-refractivity contribution in [3.05, 3.63) is 58.4 Å². The van der Waals surface area contributed by atoms with Crippen LogP contribution in [0.5, 0.6) is 0 Å². The van der Waals surface area contributed by atoms with Crippen LogP contribution in [0.3, 0.4) is 0 Å². The number of aliphatic carboxylic acids is 1. The number of rotatable bonds is 6. The Morgan fingerprint density at radius 3 is 2.22 bits per heavy atom. The van der Waals surface area contributed by atoms with E-state index in [0.29, 0.717) is 5.69 Å². The van der Waals surface area contributed by atoms with Crippen LogP contribution in [0.15, 0.2) is 30.3 Å². The second-order valence-corrected chi connectivity index (χ2v) is 8.38. The zero-order chi connectivity index (χ0) is 23.4. The number of urea groups is 1. The number of benzene rings is 2. The first-order valence-electron chi connectivity index (χ1n) is 10.6. The molecule has 2 aromatic carbocycles. The monoisotopic (exact) mass is 441 g/mol. The zero-order valence-electron chi connectivity index (χ0n) is 18.4. The number of amides is 3. The predicted octanol–water partition coefficient (Wildman–Crippen LogP) is 4.77. The first kappa shape index (κ1) is 23.2. The van der Waals surface area contributed by atoms with Crippen molar-refractivity contribution >= 4 is 29.3 Å². The number of nitrogens with one attached hydrogen (secondary N) is 3. The van der Waals surface area contributed by atoms with Crippen molar-refractivity contribution in [2.24, 2.45) is 5.92 Å². The molecule has 1 atom stereocenters. The zero-order valence-corrected chi connectivity index (χ0v) is 18.4. The lowest BCUT2D eigenvalue weighted by atomic mass is 9.97. The molecule has 0 spiro atoms. The third kappa shape index (κ3) is 5.43. The van der Waals surface area contributed by atoms with Crippen LogP contribution in [-0.2, 0) is 4.79 Å². The normalized spacial score (nSPS) is 14.6. The fourth-order valence-corrected chi connectivity index (χ4v) is 4.35. The molecule has 8 heteroatoms. The van der Waals surface area contributed by atoms with Gasteiger partial charge in [-0.05, 0) is 68.9 Å². The molecule has 0 radical (unpaired) electrons. The molecular formula is C24H28FN3O4. The highest BCUT2D eigenvalue weighted by Gasteiger charge is 2.32. The first-order valence-corrected chi connectivity index (χ1v) is 10.6. The van der Waals surface area contributed by atoms with E-state index in [9.17, 15) is 23.9 Å². The molecule has 0 bridgehead atoms. The van der Waals surface area contributed by atoms with Crippen molar-refractivity contribution in [3.8, 4) is 0 Å². The van der Waals surface area contributed by atoms with Gasteiger partial charge < -0.3 is 21.1 Å². The van der Waals surface area contributed by atoms with Crippen molar-refractivity contribution in [1.29, 1.82) is 0 Å². The molecule has 0 unspecified atom stereocenters. The Morgan fingerprint density at radius 2 is 1.62 bits per heavy atom. The maximum atomic E-state index is 13.9. The van der Waals surface area contributed by atoms with Gasteiger partial charge in [0.15, 0.2) is 0 Å². The molecule has 0 saturated heterocycles. The molecule has 0 aliphatic heterocycles. The largest absolute Gasteiger partial charge is 0.480 e. The number of halogens is 1. The summed E-state index contributed by atoms with van der Waals surface area (Å²) in [6.45, 7) is 5.69. The molecule has 3 rings (SSSR count). The summed E-state index contributed by atoms with van der Waals surface area (Å²) in [7, 11) is 0. The van der Waals surface area contributed by atoms with Crippen LogP contribution in [0.2, 0.25) is 0 Å². The number of carbonyl (C=O) groups is 3. The van der Waals surface area contributed by atoms with E-state index >= 15 is 0 Å². The van der Waals surface area contributed by atoms with Crippen LogP contribution < -0.4 is 16.0 Å². The molecule has 0 heterocycles. The van der Waals surface area contributed by atoms with Gasteiger partial charge in [-0.1, -0.05) is 30.5 Å². The highest BCUT2D eigenvalue weighted by atomic mass is 19.1. The molecule has 7 nitrogen and oxygen atoms in total. The summed E-state index contributed by atoms with van der Waals surface area (Å²) in [6, 6.07) is 5.56. The third-order valence-electron chi connectivity index (χ3n) is 5.81. The Kier molecular flexibility index (Phi) is 7.12. The van der Waals surface area contributed by atoms with E-state index in [1.54, 1.807) is 0 Å². The third-order valence-corrected chi connectivity index (χ3v) is 5.81. The van der Waals surface area contributed by atoms with Gasteiger partial charge in [0.05, 0.1) is 11.3 Å². The molecule has 3 amide bonds. The number of hydrogen-bond acceptors (Lipinski definition) is 3. The average Bonchev–Trinajstić information content (AvgIpc) is 3.23. The standard InChI is InChI=1S/C24H28FN3O4/c1-13-10-14(2)20(15(3)11-13)28-24(32)26-19-12-17(25)8-9-18(19)22(29)27-21(23(30)31)16-6-4-5-7-16/h8-12,16,21H,4-7H2,1-3H3,(H,27,29)(H,30,31)(H2,26,28,32)/t21-/m0/s1. The van der Waals surface area contributed by atoms with Gasteiger partial charge in [-0.15, -0.1) is 0 Å². The molecule has 0 aromatic heterocycles. The van der Waals surface area contributed by atoms with E-state index in [-0.39, 0.29) is 17.2 Å². The highest BCUT2D eigenvalue weighted by Crippen LogP contribution is 2.29. The Hall–Kier alpha value is -3.42. The molecule has 4 N–H and O–H groups in total. The SMILES string of the molecule is Cc1cc(C)c(NC(=O)Nc2cc(F)ccc2C(=O)N[C@H](C(=O)O)C2CCCC2)c(C)c1. The van der Waals surface area contributed by atoms with E-state index in [2.05, 4.69) is 16.0 Å². The summed E-state index contributed by atoms with van der Waals surface area (Å²) >= 11 is 0. The van der Waals surface area contributed by atoms with Gasteiger partial charge in [0, 0.05) is 5.69 Å². The maximum Gasteiger partial charge on any atom is 0.326 e. The van der Waals surface area contributed by atoms with Crippen LogP contribution in [0.1, 0.15) is 52.7 Å². The van der Waals surface area contributed by atoms with Crippen molar-refractivity contribution in [3.63, 3.8) is 0 Å². The molecule has 2 aromatic rings. The minimum atomic E-state index is -1.11. The van der Waals surface area contributed by atoms with Gasteiger partial charge in [-0.3, -0.25) is 4.79 Å². The number of carbonyl (C=O) groups excluding carboxylic acids is 2. The van der Waals surface area contributed by atoms with Crippen LogP contribution in [-0.4, -0.2) is 29.1 Å². The van der Waals surface area contributed by atoms with Crippen molar-refractivity contribution in [2.75, 3.05) is 10.6 Å². The van der Waals surface area contributed by atoms with Gasteiger partial charge in [0.1, 0.15) is 11.9 Å². The lowest BCUT2D eigenvalue weighted by Gasteiger charge is -2.21. The average molecular weight is 442 g/mol. The molecule has 1 aliphatic rings. The van der Waals surface area contributed by atoms with Gasteiger partial charge in [-0.2, -0.15) is 0 Å². The second-order valence-electron chi connectivity index (χ2n) is 8.38. The molecule has 32 heavy (non-hydrogen) atoms. The van der Waals surface area contributed by atoms with Gasteiger partial charge in [-0.25, -0.2) is 14.0 Å². The van der Waals surface area contributed by atoms with Crippen LogP contribution >= 0.6 is 0 Å². The van der Waals surface area contributed by atoms with Gasteiger partial charge in [0.25, 0.3) is 5.91 Å². The molecular weight excluding hydrogens is 413 g/mol. The first-order chi connectivity index (χ1) is 15.2. The molecule has 170 valence electrons. The fraction of sp³-hybridized carbons (Fsp3) is 0.375. The van der Waals surface area contributed by atoms with Crippen LogP contribution in [0.4, 0.5) is 20.6 Å². The Balaban J connectivity index is 1.79. The number of hydrogen-bond donors (Lipinski definition) is 4. The number of anilines is 2. The topological polar surface area (TPSA) is 108 Å². The van der Waals surface area contributed by atoms with Crippen LogP contribution in [0, 0.1) is 32.5 Å². The minimum Gasteiger partial charge on any atom is -0.480 e. The van der Waals surface area contributed by atoms with E-state index in [0.717, 1.165) is 54.5 Å². The van der Waals surface area contributed by atoms with Crippen molar-refractivity contribution < 1.29 is 23.9 Å². The Labute approximate surface area is 186 Å². The molecule has 1 aliphatic carbocycles. The predicted molar refractivity (Wildman–Crippen MR) is 121 cm³/mol. The molecule has 1 fully saturated rings. The summed E-state index contributed by atoms with van der Waals surface area (Å²) in [4.78, 5) is 37.2. The number of aryl methyl sites for hydroxylation is 3. The summed E-state index contributed by atoms with van der Waals surface area (Å²) in [5.74, 6) is -2.57. The fourth-order valence-electron chi connectivity index (χ4n) is 4.35. The smallest absolute Gasteiger partial charge is 0.326 e. The van der Waals surface area contributed by atoms with E-state index in [1.165, 1.54) is 6.07 Å². The van der Waals surface area contributed by atoms with E-state index in [1.807, 2.05) is 32.9 Å². The number of carboxylic acids is 1. The van der Waals surface area contributed by atoms with E-state index in [4.69, 9.17) is 0 Å². The maximum absolute atomic E-state index is 13.9. The quantitative estimate of drug-likeness (QED) is 0.518. The van der Waals surface area contributed by atoms with Crippen molar-refractivity contribution in [2.45, 2.75) is 52.5 Å². The van der Waals surface area contributed by atoms with Gasteiger partial charge in [0.2, 0.25) is 0 Å². The minimum absolute atomic E-state index is 0.0110. The Bertz CT molecular complexity index is 1020. The lowest BCUT2D eigenvalue weighted by Crippen LogP contribution is -2.45. The van der Waals surface area contributed by atoms with Gasteiger partial charge >= 0.3 is 12.0 Å². The summed E-state index contributed by atoms with van der Waals surface area (Å²) in [6.07, 6.45) is 3.30. The second kappa shape index (κ2) is 9.80. The summed E-state index contributed by atoms with van der Waals surface area (Å²) in [5.41, 5.74) is 3.38.